The van der Waals surface area contributed by atoms with E-state index in [0.29, 0.717) is 12.1 Å². The number of ether oxygens (including phenoxy) is 1. The first-order valence-corrected chi connectivity index (χ1v) is 40.0. The number of rotatable bonds is 19. The quantitative estimate of drug-likeness (QED) is 0.0404. The molecular formula is C83H154N14O. The summed E-state index contributed by atoms with van der Waals surface area (Å²) in [4.78, 5) is 7.23. The molecule has 0 radical (unpaired) electrons. The van der Waals surface area contributed by atoms with Gasteiger partial charge in [0.05, 0.1) is 13.2 Å². The van der Waals surface area contributed by atoms with E-state index < -0.39 is 0 Å². The second-order valence-electron chi connectivity index (χ2n) is 27.6. The molecular weight excluding hydrogens is 1210 g/mol. The van der Waals surface area contributed by atoms with Crippen LogP contribution in [0.25, 0.3) is 0 Å². The van der Waals surface area contributed by atoms with Gasteiger partial charge in [-0.05, 0) is 152 Å². The van der Waals surface area contributed by atoms with Crippen LogP contribution < -0.4 is 63.4 Å². The predicted octanol–water partition coefficient (Wildman–Crippen LogP) is 12.8. The maximum Gasteiger partial charge on any atom is 0.0591 e. The lowest BCUT2D eigenvalue weighted by Crippen LogP contribution is -2.43. The molecule has 0 atom stereocenters. The summed E-state index contributed by atoms with van der Waals surface area (Å²) in [5, 5.41) is 36.7. The van der Waals surface area contributed by atoms with Crippen molar-refractivity contribution in [1.82, 2.24) is 68.3 Å². The molecule has 0 bridgehead atoms. The first-order valence-electron chi connectivity index (χ1n) is 40.0. The molecule has 0 amide bonds. The van der Waals surface area contributed by atoms with Crippen LogP contribution in [0.1, 0.15) is 194 Å². The summed E-state index contributed by atoms with van der Waals surface area (Å²) in [7, 11) is 2.15. The Morgan fingerprint density at radius 3 is 1.08 bits per heavy atom. The van der Waals surface area contributed by atoms with Gasteiger partial charge in [0.25, 0.3) is 0 Å². The number of para-hydroxylation sites is 1. The Bertz CT molecular complexity index is 2030. The van der Waals surface area contributed by atoms with E-state index in [1.807, 2.05) is 12.1 Å². The van der Waals surface area contributed by atoms with Crippen molar-refractivity contribution in [1.29, 1.82) is 0 Å². The fraction of sp³-hybridized carbons (Fsp3) is 0.711. The highest BCUT2D eigenvalue weighted by molar-refractivity contribution is 5.46. The minimum Gasteiger partial charge on any atom is -0.379 e. The Kier molecular flexibility index (Phi) is 63.4. The van der Waals surface area contributed by atoms with Gasteiger partial charge in [0.2, 0.25) is 0 Å². The maximum atomic E-state index is 5.01. The molecule has 2 saturated carbocycles. The first kappa shape index (κ1) is 90.2. The second-order valence-corrected chi connectivity index (χ2v) is 27.6. The van der Waals surface area contributed by atoms with E-state index in [9.17, 15) is 0 Å². The van der Waals surface area contributed by atoms with Gasteiger partial charge in [-0.3, -0.25) is 4.90 Å². The summed E-state index contributed by atoms with van der Waals surface area (Å²) in [5.41, 5.74) is 5.42. The largest absolute Gasteiger partial charge is 0.379 e. The van der Waals surface area contributed by atoms with Gasteiger partial charge >= 0.3 is 0 Å². The van der Waals surface area contributed by atoms with E-state index in [2.05, 4.69) is 245 Å². The molecule has 6 heterocycles. The minimum atomic E-state index is 0.625. The lowest BCUT2D eigenvalue weighted by molar-refractivity contribution is 0.109. The van der Waals surface area contributed by atoms with Crippen LogP contribution in [-0.4, -0.2) is 198 Å². The van der Waals surface area contributed by atoms with Crippen molar-refractivity contribution >= 4 is 5.69 Å². The van der Waals surface area contributed by atoms with E-state index in [4.69, 9.17) is 4.74 Å². The highest BCUT2D eigenvalue weighted by Crippen LogP contribution is 2.23. The van der Waals surface area contributed by atoms with Crippen LogP contribution in [0.2, 0.25) is 0 Å². The summed E-state index contributed by atoms with van der Waals surface area (Å²) in [6, 6.07) is 45.2. The Hall–Kier alpha value is -3.88. The molecule has 562 valence electrons. The zero-order chi connectivity index (χ0) is 70.5. The van der Waals surface area contributed by atoms with Crippen LogP contribution in [0, 0.1) is 0 Å². The van der Waals surface area contributed by atoms with Crippen LogP contribution >= 0.6 is 0 Å². The third-order valence-electron chi connectivity index (χ3n) is 17.7. The van der Waals surface area contributed by atoms with Gasteiger partial charge in [0, 0.05) is 141 Å². The van der Waals surface area contributed by atoms with Crippen molar-refractivity contribution in [3.8, 4) is 0 Å². The van der Waals surface area contributed by atoms with E-state index >= 15 is 0 Å². The summed E-state index contributed by atoms with van der Waals surface area (Å²) in [6.45, 7) is 47.5. The van der Waals surface area contributed by atoms with Crippen molar-refractivity contribution in [3.63, 3.8) is 0 Å². The van der Waals surface area contributed by atoms with E-state index in [0.717, 1.165) is 123 Å². The number of nitrogens with zero attached hydrogens (tertiary/aromatic N) is 3. The number of morpholine rings is 1. The van der Waals surface area contributed by atoms with Crippen LogP contribution in [0.5, 0.6) is 0 Å². The van der Waals surface area contributed by atoms with Gasteiger partial charge in [-0.25, -0.2) is 0 Å². The zero-order valence-electron chi connectivity index (χ0n) is 64.6. The average Bonchev–Trinajstić information content (AvgIpc) is 1.29. The number of hydrogen-bond acceptors (Lipinski definition) is 15. The Morgan fingerprint density at radius 2 is 0.765 bits per heavy atom. The fourth-order valence-corrected chi connectivity index (χ4v) is 12.1. The minimum absolute atomic E-state index is 0.625. The van der Waals surface area contributed by atoms with Crippen LogP contribution in [0.15, 0.2) is 121 Å². The number of piperidine rings is 1. The monoisotopic (exact) mass is 1360 g/mol. The standard InChI is InChI=1S/C14H15N.C12H23N.C11H16N2.C10H14N2.C8H19N.C6H15N.C5H12N2.C5H11N.C4H9NO.C4H9N.C4H11N/c1-3-7-13(8-4-1)11-15-12-14-9-5-2-6-10-14;1-3-7-11(8-4-1)13-12-9-5-2-6-10-12;1-2-4-11(5-3-1)10-13-8-6-12-7-9-13;1-2-4-10(5-3-1)12-8-6-11-7-9-12;1-3-5-7-9-8-6-4-2;1-5(2)7-6(3)4;1-7-4-2-6-3-5-7;1-2-4-6-5-3-1;1-3-6-4-2-5-1;1-2-4-5-3-1;1-3-5-4-2/h1-10,15H,11-12H2;11-13H,1-10H2;1-5,12H,6-10H2;1-5,11H,6-9H2;9H,3-8H2,1-2H3;5-7H,1-4H3;6H,2-5H2,1H3;6H,1-5H2;5H,1-4H2;5H,1-4H2;5H,3-4H2,1-2H3. The molecule has 8 aliphatic rings. The van der Waals surface area contributed by atoms with Crippen molar-refractivity contribution in [3.05, 3.63) is 138 Å². The number of benzene rings is 4. The normalized spacial score (nSPS) is 18.0. The molecule has 0 spiro atoms. The van der Waals surface area contributed by atoms with Crippen LogP contribution in [0.4, 0.5) is 5.69 Å². The molecule has 98 heavy (non-hydrogen) atoms. The Labute approximate surface area is 604 Å². The smallest absolute Gasteiger partial charge is 0.0591 e. The summed E-state index contributed by atoms with van der Waals surface area (Å²) >= 11 is 0. The molecule has 15 heteroatoms. The molecule has 11 N–H and O–H groups in total. The van der Waals surface area contributed by atoms with Crippen molar-refractivity contribution in [2.24, 2.45) is 0 Å². The SMILES string of the molecule is C1CCC(NC2CCCCC2)CC1.C1CCNC1.C1CCNCC1.C1COCCN1.CC(C)NC(C)C.CCCCNCCCC.CCNCC.CN1CCNCC1.c1ccc(CN2CCNCC2)cc1.c1ccc(CNCc2ccccc2)cc1.c1ccc(N2CCNCC2)cc1. The number of nitrogens with one attached hydrogen (secondary N) is 11. The van der Waals surface area contributed by atoms with E-state index in [-0.39, 0.29) is 0 Å². The fourth-order valence-electron chi connectivity index (χ4n) is 12.1. The molecule has 15 nitrogen and oxygen atoms in total. The highest BCUT2D eigenvalue weighted by atomic mass is 16.5. The van der Waals surface area contributed by atoms with Crippen LogP contribution in [-0.2, 0) is 24.4 Å². The third kappa shape index (κ3) is 57.7. The van der Waals surface area contributed by atoms with Gasteiger partial charge < -0.3 is 73.0 Å². The number of piperazine rings is 3. The molecule has 2 aliphatic carbocycles. The molecule has 6 aliphatic heterocycles. The number of hydrogen-bond donors (Lipinski definition) is 11. The summed E-state index contributed by atoms with van der Waals surface area (Å²) < 4.78 is 5.01. The molecule has 4 aromatic rings. The first-order chi connectivity index (χ1) is 48.2. The second kappa shape index (κ2) is 68.9. The average molecular weight is 1360 g/mol. The molecule has 0 unspecified atom stereocenters. The summed E-state index contributed by atoms with van der Waals surface area (Å²) in [6.07, 6.45) is 26.8. The lowest BCUT2D eigenvalue weighted by atomic mass is 9.91. The van der Waals surface area contributed by atoms with Gasteiger partial charge in [-0.15, -0.1) is 0 Å². The molecule has 4 aromatic carbocycles. The molecule has 6 saturated heterocycles. The summed E-state index contributed by atoms with van der Waals surface area (Å²) in [5.74, 6) is 0. The maximum absolute atomic E-state index is 5.01. The topological polar surface area (TPSA) is 151 Å². The number of anilines is 1. The Morgan fingerprint density at radius 1 is 0.398 bits per heavy atom. The van der Waals surface area contributed by atoms with Gasteiger partial charge in [-0.1, -0.05) is 222 Å². The predicted molar refractivity (Wildman–Crippen MR) is 430 cm³/mol. The Balaban J connectivity index is 0.000000374. The van der Waals surface area contributed by atoms with Crippen molar-refractivity contribution in [2.45, 2.75) is 221 Å². The highest BCUT2D eigenvalue weighted by Gasteiger charge is 2.19. The van der Waals surface area contributed by atoms with Gasteiger partial charge in [0.1, 0.15) is 0 Å². The zero-order valence-corrected chi connectivity index (χ0v) is 64.6. The van der Waals surface area contributed by atoms with Crippen molar-refractivity contribution in [2.75, 3.05) is 169 Å². The van der Waals surface area contributed by atoms with Crippen LogP contribution in [0.3, 0.4) is 0 Å². The van der Waals surface area contributed by atoms with E-state index in [1.165, 1.54) is 210 Å². The van der Waals surface area contributed by atoms with Gasteiger partial charge in [-0.2, -0.15) is 0 Å². The van der Waals surface area contributed by atoms with Gasteiger partial charge in [0.15, 0.2) is 0 Å². The third-order valence-corrected chi connectivity index (χ3v) is 17.7. The lowest BCUT2D eigenvalue weighted by Gasteiger charge is -2.30. The van der Waals surface area contributed by atoms with E-state index in [1.54, 1.807) is 0 Å². The number of likely N-dealkylation sites (N-methyl/N-ethyl adjacent to an activating group) is 1. The van der Waals surface area contributed by atoms with Crippen molar-refractivity contribution < 1.29 is 4.74 Å². The molecule has 12 rings (SSSR count). The number of unbranched alkanes of at least 4 members (excludes halogenated alkanes) is 2. The molecule has 0 aromatic heterocycles. The molecule has 8 fully saturated rings.